The average molecular weight is 435 g/mol. The number of carbonyl (C=O) groups excluding carboxylic acids is 1. The first-order valence-corrected chi connectivity index (χ1v) is 11.7. The Morgan fingerprint density at radius 3 is 2.39 bits per heavy atom. The van der Waals surface area contributed by atoms with Gasteiger partial charge >= 0.3 is 15.4 Å². The Balaban J connectivity index is 1.74. The number of phosphoric ester groups is 1. The Labute approximate surface area is 159 Å². The molecule has 3 heterocycles. The number of hydrogen-bond acceptors (Lipinski definition) is 6. The van der Waals surface area contributed by atoms with E-state index in [0.717, 1.165) is 4.90 Å². The fraction of sp³-hybridized carbons (Fsp3) is 0.533. The van der Waals surface area contributed by atoms with Gasteiger partial charge < -0.3 is 34.3 Å². The minimum Gasteiger partial charge on any atom is -0.387 e. The van der Waals surface area contributed by atoms with E-state index in [2.05, 4.69) is 4.52 Å². The lowest BCUT2D eigenvalue weighted by Crippen LogP contribution is -2.56. The molecule has 2 unspecified atom stereocenters. The van der Waals surface area contributed by atoms with Gasteiger partial charge in [-0.25, -0.2) is 4.57 Å². The molecule has 6 atom stereocenters. The van der Waals surface area contributed by atoms with Gasteiger partial charge in [-0.3, -0.25) is 13.9 Å². The van der Waals surface area contributed by atoms with Crippen molar-refractivity contribution < 1.29 is 47.9 Å². The summed E-state index contributed by atoms with van der Waals surface area (Å²) in [5, 5.41) is 10.7. The number of fused-ring (bicyclic) bond motifs is 1. The second kappa shape index (κ2) is 6.43. The van der Waals surface area contributed by atoms with E-state index < -0.39 is 56.9 Å². The Bertz CT molecular complexity index is 884. The Morgan fingerprint density at radius 2 is 1.82 bits per heavy atom. The zero-order valence-electron chi connectivity index (χ0n) is 14.3. The average Bonchev–Trinajstić information content (AvgIpc) is 3.15. The summed E-state index contributed by atoms with van der Waals surface area (Å²) >= 11 is 0. The first-order valence-electron chi connectivity index (χ1n) is 8.44. The van der Waals surface area contributed by atoms with Crippen LogP contribution in [0.1, 0.15) is 12.0 Å². The lowest BCUT2D eigenvalue weighted by Gasteiger charge is -2.37. The van der Waals surface area contributed by atoms with Crippen molar-refractivity contribution in [3.63, 3.8) is 0 Å². The SMILES string of the molecule is O=C1[C@@H]2C[C@@H]3O[C@]2(C(O)C3OP(=O)(O)O)[C@@H](P(=O)(O)O)N1Cc1ccccc1. The number of benzene rings is 1. The molecule has 11 nitrogen and oxygen atoms in total. The first-order chi connectivity index (χ1) is 12.9. The predicted octanol–water partition coefficient (Wildman–Crippen LogP) is -0.471. The molecule has 5 N–H and O–H groups in total. The molecule has 0 aromatic heterocycles. The van der Waals surface area contributed by atoms with Crippen molar-refractivity contribution in [2.75, 3.05) is 0 Å². The minimum atomic E-state index is -5.01. The highest BCUT2D eigenvalue weighted by Gasteiger charge is 2.78. The third kappa shape index (κ3) is 2.99. The molecule has 2 bridgehead atoms. The summed E-state index contributed by atoms with van der Waals surface area (Å²) in [6, 6.07) is 8.54. The fourth-order valence-corrected chi connectivity index (χ4v) is 6.72. The van der Waals surface area contributed by atoms with E-state index in [9.17, 15) is 28.8 Å². The molecule has 13 heteroatoms. The van der Waals surface area contributed by atoms with Crippen molar-refractivity contribution in [3.05, 3.63) is 35.9 Å². The summed E-state index contributed by atoms with van der Waals surface area (Å²) in [6.07, 6.45) is -4.44. The molecular formula is C15H19NO10P2. The van der Waals surface area contributed by atoms with Crippen LogP contribution in [0.25, 0.3) is 0 Å². The Hall–Kier alpha value is -1.13. The maximum atomic E-state index is 13.0. The third-order valence-corrected chi connectivity index (χ3v) is 7.40. The van der Waals surface area contributed by atoms with Crippen LogP contribution in [0.5, 0.6) is 0 Å². The van der Waals surface area contributed by atoms with Crippen molar-refractivity contribution in [1.82, 2.24) is 4.90 Å². The summed E-state index contributed by atoms with van der Waals surface area (Å²) in [7, 11) is -10.0. The summed E-state index contributed by atoms with van der Waals surface area (Å²) in [5.41, 5.74) is -1.38. The van der Waals surface area contributed by atoms with Crippen molar-refractivity contribution in [1.29, 1.82) is 0 Å². The number of hydrogen-bond donors (Lipinski definition) is 5. The van der Waals surface area contributed by atoms with Crippen molar-refractivity contribution >= 4 is 21.3 Å². The van der Waals surface area contributed by atoms with Gasteiger partial charge in [0.25, 0.3) is 0 Å². The molecule has 0 radical (unpaired) electrons. The molecule has 3 fully saturated rings. The second-order valence-electron chi connectivity index (χ2n) is 7.22. The minimum absolute atomic E-state index is 0.0671. The van der Waals surface area contributed by atoms with E-state index in [1.165, 1.54) is 0 Å². The lowest BCUT2D eigenvalue weighted by molar-refractivity contribution is -0.133. The first kappa shape index (κ1) is 20.2. The third-order valence-electron chi connectivity index (χ3n) is 5.56. The van der Waals surface area contributed by atoms with Crippen LogP contribution in [-0.2, 0) is 29.7 Å². The number of phosphoric acid groups is 1. The van der Waals surface area contributed by atoms with E-state index in [-0.39, 0.29) is 13.0 Å². The summed E-state index contributed by atoms with van der Waals surface area (Å²) < 4.78 is 33.8. The molecule has 28 heavy (non-hydrogen) atoms. The quantitative estimate of drug-likeness (QED) is 0.380. The highest BCUT2D eigenvalue weighted by atomic mass is 31.2. The second-order valence-corrected chi connectivity index (χ2v) is 10.1. The smallest absolute Gasteiger partial charge is 0.387 e. The molecule has 1 aromatic rings. The maximum Gasteiger partial charge on any atom is 0.470 e. The highest BCUT2D eigenvalue weighted by Crippen LogP contribution is 2.65. The number of rotatable bonds is 5. The molecule has 3 aliphatic rings. The van der Waals surface area contributed by atoms with Gasteiger partial charge in [0.2, 0.25) is 5.91 Å². The zero-order valence-corrected chi connectivity index (χ0v) is 16.1. The van der Waals surface area contributed by atoms with Crippen LogP contribution in [0.3, 0.4) is 0 Å². The number of ether oxygens (including phenoxy) is 1. The van der Waals surface area contributed by atoms with Crippen molar-refractivity contribution in [3.8, 4) is 0 Å². The molecule has 3 saturated heterocycles. The molecule has 154 valence electrons. The lowest BCUT2D eigenvalue weighted by atomic mass is 9.77. The molecule has 1 spiro atoms. The number of nitrogens with zero attached hydrogens (tertiary/aromatic N) is 1. The van der Waals surface area contributed by atoms with E-state index in [0.29, 0.717) is 5.56 Å². The van der Waals surface area contributed by atoms with Gasteiger partial charge in [0.1, 0.15) is 17.8 Å². The Kier molecular flexibility index (Phi) is 4.63. The number of aliphatic hydroxyl groups is 1. The fourth-order valence-electron chi connectivity index (χ4n) is 4.67. The Morgan fingerprint density at radius 1 is 1.18 bits per heavy atom. The predicted molar refractivity (Wildman–Crippen MR) is 91.5 cm³/mol. The number of likely N-dealkylation sites (tertiary alicyclic amines) is 1. The molecular weight excluding hydrogens is 416 g/mol. The molecule has 1 aromatic carbocycles. The van der Waals surface area contributed by atoms with Crippen LogP contribution < -0.4 is 0 Å². The van der Waals surface area contributed by atoms with Gasteiger partial charge in [0, 0.05) is 6.54 Å². The van der Waals surface area contributed by atoms with Crippen LogP contribution >= 0.6 is 15.4 Å². The van der Waals surface area contributed by atoms with Gasteiger partial charge in [0.15, 0.2) is 5.78 Å². The monoisotopic (exact) mass is 435 g/mol. The van der Waals surface area contributed by atoms with Crippen LogP contribution in [0.2, 0.25) is 0 Å². The summed E-state index contributed by atoms with van der Waals surface area (Å²) in [4.78, 5) is 52.1. The molecule has 4 rings (SSSR count). The highest BCUT2D eigenvalue weighted by molar-refractivity contribution is 7.52. The standard InChI is InChI=1S/C15H19NO10P2/c17-12-11(26-28(22,23)24)10-6-9-13(18)16(7-8-4-2-1-3-5-8)14(27(19,20)21)15(9,12)25-10/h1-5,9-12,14,17H,6-7H2,(H2,19,20,21)(H2,22,23,24)/t9-,10-,11?,12?,14+,15+/m0/s1. The maximum absolute atomic E-state index is 13.0. The van der Waals surface area contributed by atoms with E-state index in [1.54, 1.807) is 30.3 Å². The summed E-state index contributed by atoms with van der Waals surface area (Å²) in [6.45, 7) is -0.113. The van der Waals surface area contributed by atoms with Crippen LogP contribution in [0.15, 0.2) is 30.3 Å². The van der Waals surface area contributed by atoms with Crippen LogP contribution in [0, 0.1) is 5.92 Å². The van der Waals surface area contributed by atoms with Gasteiger partial charge in [-0.15, -0.1) is 0 Å². The normalized spacial score (nSPS) is 37.5. The van der Waals surface area contributed by atoms with Crippen LogP contribution in [-0.4, -0.2) is 65.2 Å². The van der Waals surface area contributed by atoms with E-state index >= 15 is 0 Å². The van der Waals surface area contributed by atoms with Gasteiger partial charge in [-0.2, -0.15) is 0 Å². The van der Waals surface area contributed by atoms with E-state index in [4.69, 9.17) is 14.5 Å². The molecule has 3 aliphatic heterocycles. The number of amides is 1. The van der Waals surface area contributed by atoms with Crippen molar-refractivity contribution in [2.24, 2.45) is 5.92 Å². The van der Waals surface area contributed by atoms with Crippen LogP contribution in [0.4, 0.5) is 0 Å². The zero-order chi connectivity index (χ0) is 20.5. The number of carbonyl (C=O) groups is 1. The van der Waals surface area contributed by atoms with Gasteiger partial charge in [0.05, 0.1) is 12.0 Å². The van der Waals surface area contributed by atoms with Crippen molar-refractivity contribution in [2.45, 2.75) is 42.7 Å². The number of aliphatic hydroxyl groups excluding tert-OH is 1. The van der Waals surface area contributed by atoms with E-state index in [1.807, 2.05) is 0 Å². The van der Waals surface area contributed by atoms with Gasteiger partial charge in [-0.1, -0.05) is 30.3 Å². The van der Waals surface area contributed by atoms with Gasteiger partial charge in [-0.05, 0) is 12.0 Å². The topological polar surface area (TPSA) is 174 Å². The molecule has 0 saturated carbocycles. The summed E-state index contributed by atoms with van der Waals surface area (Å²) in [5.74, 6) is -3.44. The molecule has 0 aliphatic carbocycles. The largest absolute Gasteiger partial charge is 0.470 e. The molecule has 1 amide bonds.